The van der Waals surface area contributed by atoms with Crippen LogP contribution in [-0.2, 0) is 13.1 Å². The van der Waals surface area contributed by atoms with E-state index in [1.165, 1.54) is 53.7 Å². The van der Waals surface area contributed by atoms with Crippen LogP contribution in [0, 0.1) is 0 Å². The van der Waals surface area contributed by atoms with E-state index < -0.39 is 4.25 Å². The van der Waals surface area contributed by atoms with Gasteiger partial charge in [0.1, 0.15) is 0 Å². The first-order chi connectivity index (χ1) is 25.1. The molecule has 5 heteroatoms. The SMILES string of the molecule is IP(CCCSc1n(Cc2ccc3ccccc3c2)cc[n+]1Cc1ccc2ccccc2c1)(c1ccccc1)(c1ccccc1)c1ccccc1. The summed E-state index contributed by atoms with van der Waals surface area (Å²) in [5.74, 6) is 1.02. The molecule has 1 aromatic heterocycles. The fourth-order valence-electron chi connectivity index (χ4n) is 7.50. The molecule has 252 valence electrons. The van der Waals surface area contributed by atoms with Crippen LogP contribution in [0.3, 0.4) is 0 Å². The molecule has 0 aliphatic heterocycles. The van der Waals surface area contributed by atoms with E-state index in [1.54, 1.807) is 0 Å². The van der Waals surface area contributed by atoms with Gasteiger partial charge in [0, 0.05) is 0 Å². The number of benzene rings is 7. The summed E-state index contributed by atoms with van der Waals surface area (Å²) in [6, 6.07) is 65.0. The Morgan fingerprint density at radius 1 is 0.529 bits per heavy atom. The molecule has 0 saturated heterocycles. The van der Waals surface area contributed by atoms with Crippen molar-refractivity contribution < 1.29 is 4.57 Å². The number of aromatic nitrogens is 2. The molecule has 0 saturated carbocycles. The first-order valence-electron chi connectivity index (χ1n) is 17.6. The van der Waals surface area contributed by atoms with Gasteiger partial charge < -0.3 is 0 Å². The number of thioether (sulfide) groups is 1. The Morgan fingerprint density at radius 3 is 1.55 bits per heavy atom. The molecule has 1 heterocycles. The summed E-state index contributed by atoms with van der Waals surface area (Å²) in [6.45, 7) is 1.67. The van der Waals surface area contributed by atoms with Crippen molar-refractivity contribution in [3.63, 3.8) is 0 Å². The van der Waals surface area contributed by atoms with E-state index in [0.29, 0.717) is 0 Å². The van der Waals surface area contributed by atoms with Crippen molar-refractivity contribution in [2.45, 2.75) is 24.7 Å². The first kappa shape index (κ1) is 33.9. The molecule has 0 amide bonds. The average Bonchev–Trinajstić information content (AvgIpc) is 3.57. The van der Waals surface area contributed by atoms with Gasteiger partial charge in [-0.2, -0.15) is 0 Å². The van der Waals surface area contributed by atoms with Crippen LogP contribution in [0.4, 0.5) is 0 Å². The van der Waals surface area contributed by atoms with Crippen molar-refractivity contribution in [3.8, 4) is 0 Å². The number of fused-ring (bicyclic) bond motifs is 2. The number of hydrogen-bond acceptors (Lipinski definition) is 1. The second kappa shape index (κ2) is 14.8. The first-order valence-corrected chi connectivity index (χ1v) is 23.8. The maximum absolute atomic E-state index is 2.93. The molecule has 8 aromatic rings. The number of halogens is 1. The predicted octanol–water partition coefficient (Wildman–Crippen LogP) is 10.5. The molecule has 0 unspecified atom stereocenters. The van der Waals surface area contributed by atoms with Crippen molar-refractivity contribution in [2.75, 3.05) is 11.9 Å². The summed E-state index contributed by atoms with van der Waals surface area (Å²) >= 11 is 4.92. The van der Waals surface area contributed by atoms with E-state index in [2.05, 4.69) is 219 Å². The number of rotatable bonds is 12. The quantitative estimate of drug-likeness (QED) is 0.0393. The van der Waals surface area contributed by atoms with Crippen LogP contribution in [-0.4, -0.2) is 16.5 Å². The molecule has 0 bridgehead atoms. The van der Waals surface area contributed by atoms with Crippen molar-refractivity contribution >= 4 is 75.5 Å². The Kier molecular flexibility index (Phi) is 9.83. The van der Waals surface area contributed by atoms with Gasteiger partial charge in [0.2, 0.25) is 0 Å². The summed E-state index contributed by atoms with van der Waals surface area (Å²) in [5.41, 5.74) is 2.64. The van der Waals surface area contributed by atoms with E-state index >= 15 is 0 Å². The van der Waals surface area contributed by atoms with Crippen LogP contribution in [0.25, 0.3) is 21.5 Å². The fraction of sp³-hybridized carbons (Fsp3) is 0.109. The van der Waals surface area contributed by atoms with Gasteiger partial charge in [0.15, 0.2) is 0 Å². The normalized spacial score (nSPS) is 12.5. The Hall–Kier alpha value is -4.22. The van der Waals surface area contributed by atoms with E-state index in [1.807, 2.05) is 11.8 Å². The minimum absolute atomic E-state index is 0.835. The van der Waals surface area contributed by atoms with Crippen LogP contribution in [0.1, 0.15) is 17.5 Å². The summed E-state index contributed by atoms with van der Waals surface area (Å²) in [7, 11) is 0. The average molecular weight is 812 g/mol. The number of imidazole rings is 1. The van der Waals surface area contributed by atoms with Crippen molar-refractivity contribution in [3.05, 3.63) is 199 Å². The van der Waals surface area contributed by atoms with Crippen molar-refractivity contribution in [1.82, 2.24) is 4.57 Å². The summed E-state index contributed by atoms with van der Waals surface area (Å²) in [4.78, 5) is 0. The molecule has 51 heavy (non-hydrogen) atoms. The monoisotopic (exact) mass is 811 g/mol. The molecule has 0 radical (unpaired) electrons. The molecule has 7 aromatic carbocycles. The summed E-state index contributed by atoms with van der Waals surface area (Å²) < 4.78 is 2.07. The van der Waals surface area contributed by atoms with Crippen molar-refractivity contribution in [1.29, 1.82) is 0 Å². The minimum atomic E-state index is -2.83. The van der Waals surface area contributed by atoms with Gasteiger partial charge in [0.05, 0.1) is 0 Å². The zero-order valence-corrected chi connectivity index (χ0v) is 32.4. The fourth-order valence-corrected chi connectivity index (χ4v) is 17.5. The van der Waals surface area contributed by atoms with Gasteiger partial charge in [-0.15, -0.1) is 0 Å². The van der Waals surface area contributed by atoms with Gasteiger partial charge in [-0.3, -0.25) is 0 Å². The molecular weight excluding hydrogens is 770 g/mol. The van der Waals surface area contributed by atoms with Crippen LogP contribution >= 0.6 is 38.0 Å². The number of nitrogens with zero attached hydrogens (tertiary/aromatic N) is 2. The van der Waals surface area contributed by atoms with E-state index in [4.69, 9.17) is 0 Å². The molecule has 0 atom stereocenters. The topological polar surface area (TPSA) is 8.81 Å². The van der Waals surface area contributed by atoms with Gasteiger partial charge in [-0.25, -0.2) is 0 Å². The molecule has 0 spiro atoms. The second-order valence-electron chi connectivity index (χ2n) is 13.3. The Balaban J connectivity index is 1.13. The van der Waals surface area contributed by atoms with Crippen molar-refractivity contribution in [2.24, 2.45) is 0 Å². The Morgan fingerprint density at radius 2 is 1.00 bits per heavy atom. The summed E-state index contributed by atoms with van der Waals surface area (Å²) in [6.07, 6.45) is 6.72. The zero-order valence-electron chi connectivity index (χ0n) is 28.6. The molecule has 0 aliphatic carbocycles. The van der Waals surface area contributed by atoms with E-state index in [-0.39, 0.29) is 0 Å². The van der Waals surface area contributed by atoms with Crippen LogP contribution in [0.15, 0.2) is 193 Å². The van der Waals surface area contributed by atoms with Gasteiger partial charge in [-0.05, 0) is 0 Å². The molecule has 0 N–H and O–H groups in total. The van der Waals surface area contributed by atoms with Gasteiger partial charge >= 0.3 is 309 Å². The van der Waals surface area contributed by atoms with Crippen LogP contribution in [0.5, 0.6) is 0 Å². The van der Waals surface area contributed by atoms with E-state index in [9.17, 15) is 0 Å². The predicted molar refractivity (Wildman–Crippen MR) is 230 cm³/mol. The van der Waals surface area contributed by atoms with Crippen LogP contribution in [0.2, 0.25) is 0 Å². The molecule has 2 nitrogen and oxygen atoms in total. The zero-order chi connectivity index (χ0) is 34.5. The van der Waals surface area contributed by atoms with Gasteiger partial charge in [-0.1, -0.05) is 12.1 Å². The molecule has 0 aliphatic rings. The third kappa shape index (κ3) is 6.78. The third-order valence-corrected chi connectivity index (χ3v) is 23.1. The molecular formula is C46H41IN2PS+. The molecule has 0 fully saturated rings. The van der Waals surface area contributed by atoms with E-state index in [0.717, 1.165) is 31.4 Å². The standard InChI is InChI=1S/C46H41IN2PS/c47-50(43-19-4-1-5-20-43,44-21-6-2-7-22-44,45-23-8-3-9-24-45)31-14-32-51-46-48(35-37-25-27-39-15-10-12-17-41(39)33-37)29-30-49(46)36-38-26-28-40-16-11-13-18-42(40)34-38/h1-13,15-30,33-34H,14,31-32,35-36H2/q+1. The Labute approximate surface area is 318 Å². The second-order valence-corrected chi connectivity index (χ2v) is 25.1. The maximum atomic E-state index is 2.93. The number of hydrogen-bond donors (Lipinski definition) is 0. The van der Waals surface area contributed by atoms with Gasteiger partial charge in [0.25, 0.3) is 0 Å². The molecule has 8 rings (SSSR count). The van der Waals surface area contributed by atoms with Crippen LogP contribution < -0.4 is 20.5 Å². The third-order valence-electron chi connectivity index (χ3n) is 10.1. The summed E-state index contributed by atoms with van der Waals surface area (Å²) in [5, 5.41) is 10.8. The Bertz CT molecular complexity index is 2210.